The number of pyridine rings is 1. The summed E-state index contributed by atoms with van der Waals surface area (Å²) in [6, 6.07) is 6.50. The number of nitriles is 1. The third-order valence-corrected chi connectivity index (χ3v) is 7.18. The predicted octanol–water partition coefficient (Wildman–Crippen LogP) is 2.53. The fraction of sp³-hybridized carbons (Fsp3) is 0.524. The molecule has 0 radical (unpaired) electrons. The highest BCUT2D eigenvalue weighted by Crippen LogP contribution is 2.64. The highest BCUT2D eigenvalue weighted by atomic mass is 15.1. The van der Waals surface area contributed by atoms with Crippen molar-refractivity contribution in [3.63, 3.8) is 0 Å². The van der Waals surface area contributed by atoms with Gasteiger partial charge >= 0.3 is 0 Å². The zero-order chi connectivity index (χ0) is 19.1. The van der Waals surface area contributed by atoms with Crippen LogP contribution < -0.4 is 16.4 Å². The number of nitrogens with two attached hydrogens (primary N) is 1. The summed E-state index contributed by atoms with van der Waals surface area (Å²) in [6.45, 7) is 1.48. The molecule has 4 bridgehead atoms. The lowest BCUT2D eigenvalue weighted by Gasteiger charge is -2.37. The van der Waals surface area contributed by atoms with Gasteiger partial charge in [0.25, 0.3) is 0 Å². The second-order valence-electron chi connectivity index (χ2n) is 8.67. The van der Waals surface area contributed by atoms with Crippen molar-refractivity contribution in [2.24, 2.45) is 28.9 Å². The van der Waals surface area contributed by atoms with Gasteiger partial charge in [0.05, 0.1) is 6.20 Å². The second kappa shape index (κ2) is 6.71. The first-order valence-electron chi connectivity index (χ1n) is 10.1. The third-order valence-electron chi connectivity index (χ3n) is 7.18. The number of rotatable bonds is 6. The van der Waals surface area contributed by atoms with Crippen molar-refractivity contribution >= 4 is 11.8 Å². The standard InChI is InChI=1S/C21H25N7/c22-9-16-11-26-20(25-10-13-1-3-24-4-2-13)28-19(16)27-12-21-7-14-5-17(21)6-15(8-21)18(14)23/h1-4,11,14-15,17-18H,5-8,10,12,23H2,(H2,25,26,27,28)/t14-,15+,17+,18-,21?. The minimum absolute atomic E-state index is 0.327. The van der Waals surface area contributed by atoms with Crippen molar-refractivity contribution in [3.05, 3.63) is 41.9 Å². The highest BCUT2D eigenvalue weighted by Gasteiger charge is 2.60. The molecule has 2 heterocycles. The van der Waals surface area contributed by atoms with Crippen LogP contribution in [0, 0.1) is 34.5 Å². The van der Waals surface area contributed by atoms with Crippen LogP contribution in [0.5, 0.6) is 0 Å². The first kappa shape index (κ1) is 17.4. The van der Waals surface area contributed by atoms with Crippen LogP contribution in [0.3, 0.4) is 0 Å². The van der Waals surface area contributed by atoms with Crippen molar-refractivity contribution < 1.29 is 0 Å². The fourth-order valence-corrected chi connectivity index (χ4v) is 5.84. The van der Waals surface area contributed by atoms with Crippen LogP contribution in [-0.4, -0.2) is 27.5 Å². The van der Waals surface area contributed by atoms with E-state index in [1.165, 1.54) is 25.7 Å². The number of nitrogens with zero attached hydrogens (tertiary/aromatic N) is 4. The molecule has 0 saturated heterocycles. The Labute approximate surface area is 164 Å². The zero-order valence-corrected chi connectivity index (χ0v) is 15.8. The maximum absolute atomic E-state index is 9.46. The Hall–Kier alpha value is -2.72. The molecule has 4 aliphatic rings. The number of anilines is 2. The summed E-state index contributed by atoms with van der Waals surface area (Å²) in [7, 11) is 0. The molecule has 0 aliphatic heterocycles. The van der Waals surface area contributed by atoms with Crippen molar-refractivity contribution in [3.8, 4) is 6.07 Å². The Bertz CT molecular complexity index is 891. The fourth-order valence-electron chi connectivity index (χ4n) is 5.84. The molecule has 0 amide bonds. The molecule has 7 nitrogen and oxygen atoms in total. The monoisotopic (exact) mass is 375 g/mol. The van der Waals surface area contributed by atoms with Gasteiger partial charge in [0, 0.05) is 31.5 Å². The molecule has 2 aromatic heterocycles. The minimum Gasteiger partial charge on any atom is -0.368 e. The van der Waals surface area contributed by atoms with E-state index < -0.39 is 0 Å². The molecule has 4 fully saturated rings. The van der Waals surface area contributed by atoms with Gasteiger partial charge in [-0.1, -0.05) is 0 Å². The van der Waals surface area contributed by atoms with Gasteiger partial charge in [-0.15, -0.1) is 0 Å². The van der Waals surface area contributed by atoms with E-state index >= 15 is 0 Å². The lowest BCUT2D eigenvalue weighted by Crippen LogP contribution is -2.42. The summed E-state index contributed by atoms with van der Waals surface area (Å²) in [5.41, 5.74) is 8.33. The zero-order valence-electron chi connectivity index (χ0n) is 15.8. The predicted molar refractivity (Wildman–Crippen MR) is 106 cm³/mol. The van der Waals surface area contributed by atoms with E-state index in [4.69, 9.17) is 5.73 Å². The van der Waals surface area contributed by atoms with Crippen LogP contribution in [-0.2, 0) is 6.54 Å². The minimum atomic E-state index is 0.327. The van der Waals surface area contributed by atoms with Gasteiger partial charge in [0.15, 0.2) is 0 Å². The summed E-state index contributed by atoms with van der Waals surface area (Å²) in [4.78, 5) is 12.9. The molecule has 4 N–H and O–H groups in total. The van der Waals surface area contributed by atoms with E-state index in [-0.39, 0.29) is 0 Å². The molecule has 0 aromatic carbocycles. The van der Waals surface area contributed by atoms with Crippen LogP contribution >= 0.6 is 0 Å². The van der Waals surface area contributed by atoms with Gasteiger partial charge in [0.2, 0.25) is 5.95 Å². The van der Waals surface area contributed by atoms with Crippen molar-refractivity contribution in [1.29, 1.82) is 5.26 Å². The maximum atomic E-state index is 9.46. The Balaban J connectivity index is 1.29. The van der Waals surface area contributed by atoms with Crippen LogP contribution in [0.15, 0.2) is 30.7 Å². The quantitative estimate of drug-likeness (QED) is 0.711. The van der Waals surface area contributed by atoms with Crippen LogP contribution in [0.4, 0.5) is 11.8 Å². The molecule has 6 rings (SSSR count). The van der Waals surface area contributed by atoms with Gasteiger partial charge in [0.1, 0.15) is 17.5 Å². The third kappa shape index (κ3) is 2.89. The topological polar surface area (TPSA) is 113 Å². The number of nitrogens with one attached hydrogen (secondary N) is 2. The molecular weight excluding hydrogens is 350 g/mol. The molecule has 144 valence electrons. The van der Waals surface area contributed by atoms with Gasteiger partial charge < -0.3 is 16.4 Å². The van der Waals surface area contributed by atoms with Crippen LogP contribution in [0.25, 0.3) is 0 Å². The SMILES string of the molecule is N#Cc1cnc(NCc2ccncc2)nc1NCC12C[C@H]3C[C@H]1C[C@@H](C2)[C@@H]3N. The average Bonchev–Trinajstić information content (AvgIpc) is 3.19. The molecule has 4 saturated carbocycles. The van der Waals surface area contributed by atoms with Crippen molar-refractivity contribution in [2.45, 2.75) is 38.3 Å². The van der Waals surface area contributed by atoms with E-state index in [9.17, 15) is 5.26 Å². The first-order valence-corrected chi connectivity index (χ1v) is 10.1. The summed E-state index contributed by atoms with van der Waals surface area (Å²) in [6.07, 6.45) is 10.1. The lowest BCUT2D eigenvalue weighted by atomic mass is 9.73. The van der Waals surface area contributed by atoms with E-state index in [1.807, 2.05) is 12.1 Å². The van der Waals surface area contributed by atoms with Crippen molar-refractivity contribution in [2.75, 3.05) is 17.2 Å². The summed E-state index contributed by atoms with van der Waals surface area (Å²) >= 11 is 0. The molecule has 28 heavy (non-hydrogen) atoms. The van der Waals surface area contributed by atoms with Gasteiger partial charge in [-0.2, -0.15) is 10.2 Å². The largest absolute Gasteiger partial charge is 0.368 e. The van der Waals surface area contributed by atoms with E-state index in [2.05, 4.69) is 31.7 Å². The number of hydrogen-bond donors (Lipinski definition) is 3. The molecule has 7 heteroatoms. The summed E-state index contributed by atoms with van der Waals surface area (Å²) in [5.74, 6) is 3.27. The summed E-state index contributed by atoms with van der Waals surface area (Å²) in [5, 5.41) is 16.2. The Morgan fingerprint density at radius 1 is 1.18 bits per heavy atom. The molecule has 1 unspecified atom stereocenters. The van der Waals surface area contributed by atoms with Gasteiger partial charge in [-0.3, -0.25) is 4.98 Å². The molecule has 2 aromatic rings. The molecule has 0 spiro atoms. The summed E-state index contributed by atoms with van der Waals surface area (Å²) < 4.78 is 0. The molecule has 5 atom stereocenters. The second-order valence-corrected chi connectivity index (χ2v) is 8.67. The molecular formula is C21H25N7. The Morgan fingerprint density at radius 2 is 1.93 bits per heavy atom. The van der Waals surface area contributed by atoms with Crippen molar-refractivity contribution in [1.82, 2.24) is 15.0 Å². The van der Waals surface area contributed by atoms with Gasteiger partial charge in [-0.25, -0.2) is 4.98 Å². The van der Waals surface area contributed by atoms with E-state index in [0.717, 1.165) is 18.0 Å². The first-order chi connectivity index (χ1) is 13.7. The molecule has 4 aliphatic carbocycles. The normalized spacial score (nSPS) is 32.3. The van der Waals surface area contributed by atoms with E-state index in [0.29, 0.717) is 47.2 Å². The lowest BCUT2D eigenvalue weighted by molar-refractivity contribution is 0.188. The Morgan fingerprint density at radius 3 is 2.64 bits per heavy atom. The van der Waals surface area contributed by atoms with E-state index in [1.54, 1.807) is 18.6 Å². The Kier molecular flexibility index (Phi) is 4.17. The smallest absolute Gasteiger partial charge is 0.224 e. The number of aromatic nitrogens is 3. The van der Waals surface area contributed by atoms with Gasteiger partial charge in [-0.05, 0) is 66.5 Å². The van der Waals surface area contributed by atoms with Crippen LogP contribution in [0.2, 0.25) is 0 Å². The average molecular weight is 375 g/mol. The van der Waals surface area contributed by atoms with Crippen LogP contribution in [0.1, 0.15) is 36.8 Å². The number of hydrogen-bond acceptors (Lipinski definition) is 7. The maximum Gasteiger partial charge on any atom is 0.224 e. The highest BCUT2D eigenvalue weighted by molar-refractivity contribution is 5.53.